The normalized spacial score (nSPS) is 11.3. The first-order valence-electron chi connectivity index (χ1n) is 5.28. The Bertz CT molecular complexity index is 314. The first kappa shape index (κ1) is 30.7. The van der Waals surface area contributed by atoms with Crippen molar-refractivity contribution < 1.29 is 56.6 Å². The van der Waals surface area contributed by atoms with Gasteiger partial charge in [0.1, 0.15) is 0 Å². The zero-order chi connectivity index (χ0) is 17.7. The highest BCUT2D eigenvalue weighted by Gasteiger charge is 2.11. The Kier molecular flexibility index (Phi) is 21.5. The van der Waals surface area contributed by atoms with Crippen LogP contribution in [0.1, 0.15) is 20.8 Å². The van der Waals surface area contributed by atoms with Crippen LogP contribution in [0.2, 0.25) is 0 Å². The molecule has 0 unspecified atom stereocenters. The first-order valence-corrected chi connectivity index (χ1v) is 9.87. The number of phosphoric acid groups is 3. The Morgan fingerprint density at radius 3 is 0.727 bits per heavy atom. The van der Waals surface area contributed by atoms with Gasteiger partial charge in [0.25, 0.3) is 0 Å². The molecular formula is C6H24AlO12P3. The molecule has 0 aliphatic rings. The molecule has 0 atom stereocenters. The van der Waals surface area contributed by atoms with Crippen LogP contribution in [-0.2, 0) is 27.3 Å². The van der Waals surface area contributed by atoms with Crippen molar-refractivity contribution in [1.82, 2.24) is 0 Å². The second-order valence-corrected chi connectivity index (χ2v) is 6.44. The van der Waals surface area contributed by atoms with Crippen molar-refractivity contribution in [2.75, 3.05) is 19.8 Å². The van der Waals surface area contributed by atoms with Crippen molar-refractivity contribution in [3.05, 3.63) is 0 Å². The molecule has 0 aliphatic carbocycles. The molecule has 16 heteroatoms. The summed E-state index contributed by atoms with van der Waals surface area (Å²) in [6.07, 6.45) is 0. The van der Waals surface area contributed by atoms with Crippen molar-refractivity contribution in [2.45, 2.75) is 20.8 Å². The maximum absolute atomic E-state index is 9.70. The fourth-order valence-electron chi connectivity index (χ4n) is 0.505. The van der Waals surface area contributed by atoms with Crippen molar-refractivity contribution in [1.29, 1.82) is 0 Å². The number of phosphoric ester groups is 3. The summed E-state index contributed by atoms with van der Waals surface area (Å²) >= 11 is 0. The minimum Gasteiger partial charge on any atom is -0.303 e. The van der Waals surface area contributed by atoms with E-state index in [2.05, 4.69) is 13.6 Å². The van der Waals surface area contributed by atoms with Gasteiger partial charge in [-0.15, -0.1) is 0 Å². The molecule has 0 aromatic rings. The van der Waals surface area contributed by atoms with E-state index < -0.39 is 23.5 Å². The highest BCUT2D eigenvalue weighted by Crippen LogP contribution is 2.35. The van der Waals surface area contributed by atoms with Crippen molar-refractivity contribution >= 4 is 40.8 Å². The molecule has 138 valence electrons. The quantitative estimate of drug-likeness (QED) is 0.236. The van der Waals surface area contributed by atoms with Crippen LogP contribution in [0.3, 0.4) is 0 Å². The van der Waals surface area contributed by atoms with Gasteiger partial charge in [0.05, 0.1) is 19.8 Å². The van der Waals surface area contributed by atoms with Gasteiger partial charge in [-0.1, -0.05) is 0 Å². The molecule has 0 aliphatic heterocycles. The molecule has 0 spiro atoms. The molecule has 12 nitrogen and oxygen atoms in total. The van der Waals surface area contributed by atoms with Crippen LogP contribution in [0, 0.1) is 0 Å². The van der Waals surface area contributed by atoms with Crippen LogP contribution in [0.25, 0.3) is 0 Å². The maximum atomic E-state index is 9.70. The fraction of sp³-hybridized carbons (Fsp3) is 1.00. The van der Waals surface area contributed by atoms with Gasteiger partial charge in [-0.25, -0.2) is 13.7 Å². The lowest BCUT2D eigenvalue weighted by molar-refractivity contribution is 0.204. The Morgan fingerprint density at radius 2 is 0.727 bits per heavy atom. The van der Waals surface area contributed by atoms with Gasteiger partial charge in [-0.2, -0.15) is 0 Å². The largest absolute Gasteiger partial charge is 0.469 e. The maximum Gasteiger partial charge on any atom is 0.469 e. The van der Waals surface area contributed by atoms with Gasteiger partial charge in [-0.3, -0.25) is 13.6 Å². The first-order chi connectivity index (χ1) is 9.18. The van der Waals surface area contributed by atoms with Crippen molar-refractivity contribution in [2.24, 2.45) is 0 Å². The van der Waals surface area contributed by atoms with Crippen LogP contribution < -0.4 is 0 Å². The lowest BCUT2D eigenvalue weighted by atomic mass is 10.9. The summed E-state index contributed by atoms with van der Waals surface area (Å²) in [5, 5.41) is 0. The molecule has 0 rings (SSSR count). The predicted molar refractivity (Wildman–Crippen MR) is 80.9 cm³/mol. The van der Waals surface area contributed by atoms with Gasteiger partial charge in [-0.05, 0) is 20.8 Å². The zero-order valence-corrected chi connectivity index (χ0v) is 14.3. The van der Waals surface area contributed by atoms with E-state index >= 15 is 0 Å². The summed E-state index contributed by atoms with van der Waals surface area (Å²) in [4.78, 5) is 47.4. The van der Waals surface area contributed by atoms with E-state index in [4.69, 9.17) is 29.4 Å². The van der Waals surface area contributed by atoms with Crippen LogP contribution in [0.15, 0.2) is 0 Å². The van der Waals surface area contributed by atoms with Gasteiger partial charge in [0.15, 0.2) is 17.4 Å². The Labute approximate surface area is 138 Å². The molecule has 0 aromatic carbocycles. The molecule has 0 radical (unpaired) electrons. The van der Waals surface area contributed by atoms with Crippen LogP contribution in [0.4, 0.5) is 0 Å². The van der Waals surface area contributed by atoms with E-state index in [1.165, 1.54) is 20.8 Å². The Balaban J connectivity index is -0.000000108. The van der Waals surface area contributed by atoms with Gasteiger partial charge in [0, 0.05) is 0 Å². The average molecular weight is 408 g/mol. The molecule has 0 aromatic heterocycles. The fourth-order valence-corrected chi connectivity index (χ4v) is 1.51. The number of hydrogen-bond donors (Lipinski definition) is 6. The zero-order valence-electron chi connectivity index (χ0n) is 11.6. The smallest absolute Gasteiger partial charge is 0.303 e. The summed E-state index contributed by atoms with van der Waals surface area (Å²) in [6, 6.07) is 0. The van der Waals surface area contributed by atoms with Gasteiger partial charge in [0.2, 0.25) is 0 Å². The minimum atomic E-state index is -4.17. The van der Waals surface area contributed by atoms with E-state index in [1.54, 1.807) is 0 Å². The monoisotopic (exact) mass is 408 g/mol. The number of rotatable bonds is 6. The molecule has 0 fully saturated rings. The standard InChI is InChI=1S/3C2H7O4P.Al.3H/c3*1-2-6-7(3,4)5;;;;/h3*2H2,1H3,(H2,3,4,5);;;;. The Hall–Kier alpha value is 0.862. The van der Waals surface area contributed by atoms with Gasteiger partial charge < -0.3 is 29.4 Å². The van der Waals surface area contributed by atoms with Crippen LogP contribution in [-0.4, -0.2) is 66.5 Å². The summed E-state index contributed by atoms with van der Waals surface area (Å²) in [6.45, 7) is 4.68. The van der Waals surface area contributed by atoms with E-state index in [9.17, 15) is 13.7 Å². The molecule has 0 saturated carbocycles. The number of hydrogen-bond acceptors (Lipinski definition) is 6. The molecule has 0 heterocycles. The molecule has 6 N–H and O–H groups in total. The topological polar surface area (TPSA) is 200 Å². The third-order valence-electron chi connectivity index (χ3n) is 0.892. The molecule has 0 amide bonds. The SMILES string of the molecule is CCOP(=O)(O)O.CCOP(=O)(O)O.CCOP(=O)(O)O.[AlH3]. The average Bonchev–Trinajstić information content (AvgIpc) is 2.12. The van der Waals surface area contributed by atoms with Crippen molar-refractivity contribution in [3.8, 4) is 0 Å². The third-order valence-corrected chi connectivity index (χ3v) is 2.68. The van der Waals surface area contributed by atoms with Gasteiger partial charge >= 0.3 is 23.5 Å². The minimum absolute atomic E-state index is 0. The third kappa shape index (κ3) is 49.7. The lowest BCUT2D eigenvalue weighted by Gasteiger charge is -1.98. The Morgan fingerprint density at radius 1 is 0.591 bits per heavy atom. The molecule has 0 bridgehead atoms. The predicted octanol–water partition coefficient (Wildman–Crippen LogP) is -0.837. The molecular weight excluding hydrogens is 384 g/mol. The molecule has 0 saturated heterocycles. The second-order valence-electron chi connectivity index (χ2n) is 2.73. The summed E-state index contributed by atoms with van der Waals surface area (Å²) in [5.41, 5.74) is 0. The van der Waals surface area contributed by atoms with E-state index in [-0.39, 0.29) is 37.2 Å². The van der Waals surface area contributed by atoms with Crippen molar-refractivity contribution in [3.63, 3.8) is 0 Å². The summed E-state index contributed by atoms with van der Waals surface area (Å²) in [7, 11) is -12.5. The summed E-state index contributed by atoms with van der Waals surface area (Å²) < 4.78 is 40.8. The van der Waals surface area contributed by atoms with E-state index in [0.717, 1.165) is 0 Å². The van der Waals surface area contributed by atoms with Crippen LogP contribution in [0.5, 0.6) is 0 Å². The van der Waals surface area contributed by atoms with E-state index in [0.29, 0.717) is 0 Å². The second kappa shape index (κ2) is 15.4. The lowest BCUT2D eigenvalue weighted by Crippen LogP contribution is -1.84. The highest BCUT2D eigenvalue weighted by molar-refractivity contribution is 7.46. The highest BCUT2D eigenvalue weighted by atomic mass is 31.2. The molecule has 22 heavy (non-hydrogen) atoms. The summed E-state index contributed by atoms with van der Waals surface area (Å²) in [5.74, 6) is 0. The van der Waals surface area contributed by atoms with Crippen LogP contribution >= 0.6 is 23.5 Å². The van der Waals surface area contributed by atoms with E-state index in [1.807, 2.05) is 0 Å².